The predicted octanol–water partition coefficient (Wildman–Crippen LogP) is 2.09. The van der Waals surface area contributed by atoms with Gasteiger partial charge in [-0.2, -0.15) is 4.31 Å². The number of sulfonamides is 1. The second-order valence-electron chi connectivity index (χ2n) is 6.85. The van der Waals surface area contributed by atoms with Crippen molar-refractivity contribution in [2.45, 2.75) is 17.7 Å². The molecule has 1 aliphatic heterocycles. The van der Waals surface area contributed by atoms with Gasteiger partial charge in [-0.15, -0.1) is 0 Å². The molecule has 2 aromatic carbocycles. The number of piperazine rings is 1. The van der Waals surface area contributed by atoms with E-state index in [1.807, 2.05) is 18.2 Å². The zero-order valence-electron chi connectivity index (χ0n) is 15.8. The summed E-state index contributed by atoms with van der Waals surface area (Å²) >= 11 is 5.83. The van der Waals surface area contributed by atoms with E-state index in [1.54, 1.807) is 23.1 Å². The third kappa shape index (κ3) is 5.14. The topological polar surface area (TPSA) is 108 Å². The molecule has 0 atom stereocenters. The van der Waals surface area contributed by atoms with Gasteiger partial charge in [0.2, 0.25) is 15.9 Å². The van der Waals surface area contributed by atoms with Gasteiger partial charge in [0.25, 0.3) is 0 Å². The lowest BCUT2D eigenvalue weighted by Crippen LogP contribution is -2.50. The summed E-state index contributed by atoms with van der Waals surface area (Å²) < 4.78 is 26.8. The molecule has 7 nitrogen and oxygen atoms in total. The Morgan fingerprint density at radius 2 is 1.72 bits per heavy atom. The van der Waals surface area contributed by atoms with Crippen LogP contribution in [-0.4, -0.2) is 55.5 Å². The van der Waals surface area contributed by atoms with Gasteiger partial charge >= 0.3 is 0 Å². The van der Waals surface area contributed by atoms with Crippen LogP contribution in [-0.2, 0) is 21.2 Å². The number of benzene rings is 2. The Morgan fingerprint density at radius 1 is 1.07 bits per heavy atom. The summed E-state index contributed by atoms with van der Waals surface area (Å²) in [6.45, 7) is 1.24. The molecule has 1 heterocycles. The van der Waals surface area contributed by atoms with E-state index in [-0.39, 0.29) is 29.7 Å². The van der Waals surface area contributed by atoms with E-state index in [9.17, 15) is 13.2 Å². The van der Waals surface area contributed by atoms with Gasteiger partial charge in [-0.1, -0.05) is 29.8 Å². The minimum atomic E-state index is -3.59. The normalized spacial score (nSPS) is 15.3. The van der Waals surface area contributed by atoms with E-state index in [4.69, 9.17) is 22.7 Å². The number of rotatable bonds is 6. The van der Waals surface area contributed by atoms with Crippen LogP contribution < -0.4 is 5.73 Å². The molecule has 2 aromatic rings. The number of aryl methyl sites for hydroxylation is 1. The second-order valence-corrected chi connectivity index (χ2v) is 9.23. The fraction of sp³-hybridized carbons (Fsp3) is 0.300. The predicted molar refractivity (Wildman–Crippen MR) is 113 cm³/mol. The lowest BCUT2D eigenvalue weighted by atomic mass is 10.1. The lowest BCUT2D eigenvalue weighted by molar-refractivity contribution is -0.132. The van der Waals surface area contributed by atoms with Crippen molar-refractivity contribution < 1.29 is 13.2 Å². The maximum Gasteiger partial charge on any atom is 0.243 e. The van der Waals surface area contributed by atoms with Crippen molar-refractivity contribution >= 4 is 33.4 Å². The summed E-state index contributed by atoms with van der Waals surface area (Å²) in [5.41, 5.74) is 7.08. The third-order valence-electron chi connectivity index (χ3n) is 4.91. The van der Waals surface area contributed by atoms with Crippen molar-refractivity contribution in [3.63, 3.8) is 0 Å². The molecular formula is C20H23ClN4O3S. The lowest BCUT2D eigenvalue weighted by Gasteiger charge is -2.34. The molecule has 1 amide bonds. The number of carbonyl (C=O) groups excluding carboxylic acids is 1. The molecule has 0 saturated carbocycles. The molecule has 3 N–H and O–H groups in total. The monoisotopic (exact) mass is 434 g/mol. The Kier molecular flexibility index (Phi) is 6.56. The molecule has 29 heavy (non-hydrogen) atoms. The Morgan fingerprint density at radius 3 is 2.34 bits per heavy atom. The fourth-order valence-corrected chi connectivity index (χ4v) is 4.79. The summed E-state index contributed by atoms with van der Waals surface area (Å²) in [4.78, 5) is 14.4. The van der Waals surface area contributed by atoms with E-state index >= 15 is 0 Å². The van der Waals surface area contributed by atoms with Crippen molar-refractivity contribution in [1.82, 2.24) is 9.21 Å². The molecule has 1 saturated heterocycles. The van der Waals surface area contributed by atoms with Crippen LogP contribution in [0.1, 0.15) is 17.5 Å². The number of halogens is 1. The number of hydrogen-bond acceptors (Lipinski definition) is 4. The number of nitrogen functional groups attached to an aromatic ring is 1. The molecule has 154 valence electrons. The van der Waals surface area contributed by atoms with E-state index in [0.29, 0.717) is 36.5 Å². The van der Waals surface area contributed by atoms with Crippen molar-refractivity contribution in [3.8, 4) is 0 Å². The fourth-order valence-electron chi connectivity index (χ4n) is 3.24. The van der Waals surface area contributed by atoms with E-state index in [1.165, 1.54) is 16.4 Å². The highest BCUT2D eigenvalue weighted by Crippen LogP contribution is 2.20. The first-order valence-corrected chi connectivity index (χ1v) is 11.1. The highest BCUT2D eigenvalue weighted by atomic mass is 35.5. The van der Waals surface area contributed by atoms with E-state index < -0.39 is 10.0 Å². The molecule has 1 aliphatic rings. The van der Waals surface area contributed by atoms with Crippen LogP contribution in [0.15, 0.2) is 53.4 Å². The summed E-state index contributed by atoms with van der Waals surface area (Å²) in [5, 5.41) is 7.97. The maximum atomic E-state index is 12.7. The summed E-state index contributed by atoms with van der Waals surface area (Å²) in [6, 6.07) is 13.4. The van der Waals surface area contributed by atoms with Crippen LogP contribution in [0.5, 0.6) is 0 Å². The SMILES string of the molecule is N=C(N)c1cccc(CCC(=O)N2CCN(S(=O)(=O)c3ccc(Cl)cc3)CC2)c1. The molecule has 1 fully saturated rings. The molecule has 9 heteroatoms. The Hall–Kier alpha value is -2.42. The molecule has 0 radical (unpaired) electrons. The minimum absolute atomic E-state index is 0.00352. The van der Waals surface area contributed by atoms with Crippen molar-refractivity contribution in [2.75, 3.05) is 26.2 Å². The number of hydrogen-bond donors (Lipinski definition) is 2. The van der Waals surface area contributed by atoms with E-state index in [0.717, 1.165) is 5.56 Å². The molecule has 0 bridgehead atoms. The number of amidine groups is 1. The van der Waals surface area contributed by atoms with Crippen LogP contribution in [0.4, 0.5) is 0 Å². The van der Waals surface area contributed by atoms with Crippen LogP contribution in [0.3, 0.4) is 0 Å². The number of nitrogens with two attached hydrogens (primary N) is 1. The average molecular weight is 435 g/mol. The van der Waals surface area contributed by atoms with Gasteiger partial charge in [-0.25, -0.2) is 8.42 Å². The molecule has 3 rings (SSSR count). The van der Waals surface area contributed by atoms with Gasteiger partial charge in [-0.3, -0.25) is 10.2 Å². The summed E-state index contributed by atoms with van der Waals surface area (Å²) in [6.07, 6.45) is 0.870. The molecule has 0 aromatic heterocycles. The Labute approximate surface area is 175 Å². The quantitative estimate of drug-likeness (QED) is 0.536. The van der Waals surface area contributed by atoms with Crippen molar-refractivity contribution in [3.05, 3.63) is 64.7 Å². The first kappa shape index (κ1) is 21.3. The Bertz CT molecular complexity index is 1000. The number of nitrogens with zero attached hydrogens (tertiary/aromatic N) is 2. The van der Waals surface area contributed by atoms with Gasteiger partial charge in [-0.05, 0) is 42.3 Å². The van der Waals surface area contributed by atoms with Gasteiger partial charge < -0.3 is 10.6 Å². The minimum Gasteiger partial charge on any atom is -0.384 e. The highest BCUT2D eigenvalue weighted by Gasteiger charge is 2.29. The second kappa shape index (κ2) is 8.94. The zero-order chi connectivity index (χ0) is 21.0. The standard InChI is InChI=1S/C20H23ClN4O3S/c21-17-5-7-18(8-6-17)29(27,28)25-12-10-24(11-13-25)19(26)9-4-15-2-1-3-16(14-15)20(22)23/h1-3,5-8,14H,4,9-13H2,(H3,22,23). The van der Waals surface area contributed by atoms with Gasteiger partial charge in [0.1, 0.15) is 5.84 Å². The van der Waals surface area contributed by atoms with Crippen LogP contribution >= 0.6 is 11.6 Å². The third-order valence-corrected chi connectivity index (χ3v) is 7.07. The average Bonchev–Trinajstić information content (AvgIpc) is 2.72. The zero-order valence-corrected chi connectivity index (χ0v) is 17.4. The molecule has 0 unspecified atom stereocenters. The van der Waals surface area contributed by atoms with Crippen molar-refractivity contribution in [1.29, 1.82) is 5.41 Å². The highest BCUT2D eigenvalue weighted by molar-refractivity contribution is 7.89. The van der Waals surface area contributed by atoms with Gasteiger partial charge in [0.15, 0.2) is 0 Å². The maximum absolute atomic E-state index is 12.7. The van der Waals surface area contributed by atoms with Gasteiger partial charge in [0.05, 0.1) is 4.90 Å². The summed E-state index contributed by atoms with van der Waals surface area (Å²) in [7, 11) is -3.59. The van der Waals surface area contributed by atoms with Crippen LogP contribution in [0, 0.1) is 5.41 Å². The Balaban J connectivity index is 1.55. The first-order valence-electron chi connectivity index (χ1n) is 9.24. The van der Waals surface area contributed by atoms with Crippen LogP contribution in [0.2, 0.25) is 5.02 Å². The number of nitrogens with one attached hydrogen (secondary N) is 1. The van der Waals surface area contributed by atoms with Gasteiger partial charge in [0, 0.05) is 43.2 Å². The number of carbonyl (C=O) groups is 1. The smallest absolute Gasteiger partial charge is 0.243 e. The summed E-state index contributed by atoms with van der Waals surface area (Å²) in [5.74, 6) is -0.0158. The van der Waals surface area contributed by atoms with E-state index in [2.05, 4.69) is 0 Å². The first-order chi connectivity index (χ1) is 13.8. The largest absolute Gasteiger partial charge is 0.384 e. The molecule has 0 aliphatic carbocycles. The number of amides is 1. The van der Waals surface area contributed by atoms with Crippen LogP contribution in [0.25, 0.3) is 0 Å². The molecule has 0 spiro atoms. The van der Waals surface area contributed by atoms with Crippen molar-refractivity contribution in [2.24, 2.45) is 5.73 Å². The molecular weight excluding hydrogens is 412 g/mol.